The van der Waals surface area contributed by atoms with Crippen LogP contribution in [0.25, 0.3) is 21.8 Å². The number of rotatable bonds is 1. The molecule has 0 fully saturated rings. The Hall–Kier alpha value is -1.12. The number of nitrogens with zero attached hydrogens (tertiary/aromatic N) is 1. The van der Waals surface area contributed by atoms with Gasteiger partial charge in [0.25, 0.3) is 0 Å². The number of fused-ring (bicyclic) bond motifs is 2. The molecular weight excluding hydrogens is 298 g/mol. The number of para-hydroxylation sites is 1. The Morgan fingerprint density at radius 1 is 1.00 bits per heavy atom. The number of hydrogen-bond acceptors (Lipinski definition) is 1. The van der Waals surface area contributed by atoms with Gasteiger partial charge in [-0.15, -0.1) is 0 Å². The zero-order valence-electron chi connectivity index (χ0n) is 8.95. The number of aromatic nitrogens is 1. The van der Waals surface area contributed by atoms with Crippen molar-refractivity contribution in [3.05, 3.63) is 53.1 Å². The summed E-state index contributed by atoms with van der Waals surface area (Å²) >= 11 is 9.90. The van der Waals surface area contributed by atoms with Crippen LogP contribution in [0.15, 0.2) is 42.5 Å². The van der Waals surface area contributed by atoms with E-state index in [0.717, 1.165) is 32.2 Å². The van der Waals surface area contributed by atoms with Gasteiger partial charge in [0, 0.05) is 16.1 Å². The smallest absolute Gasteiger partial charge is 0.0724 e. The Labute approximate surface area is 113 Å². The molecule has 0 atom stereocenters. The van der Waals surface area contributed by atoms with Crippen LogP contribution in [0.1, 0.15) is 5.56 Å². The minimum absolute atomic E-state index is 0.786. The van der Waals surface area contributed by atoms with E-state index in [4.69, 9.17) is 11.6 Å². The SMILES string of the molecule is Clc1c2ccccc2nc2ccc(CBr)cc12. The first-order valence-corrected chi connectivity index (χ1v) is 6.82. The Morgan fingerprint density at radius 3 is 2.59 bits per heavy atom. The maximum absolute atomic E-state index is 6.45. The van der Waals surface area contributed by atoms with Gasteiger partial charge in [-0.1, -0.05) is 51.8 Å². The van der Waals surface area contributed by atoms with Crippen LogP contribution < -0.4 is 0 Å². The van der Waals surface area contributed by atoms with E-state index >= 15 is 0 Å². The van der Waals surface area contributed by atoms with Gasteiger partial charge < -0.3 is 0 Å². The maximum atomic E-state index is 6.45. The van der Waals surface area contributed by atoms with Crippen molar-refractivity contribution in [3.63, 3.8) is 0 Å². The summed E-state index contributed by atoms with van der Waals surface area (Å²) in [5.41, 5.74) is 3.09. The van der Waals surface area contributed by atoms with Gasteiger partial charge in [-0.25, -0.2) is 4.98 Å². The van der Waals surface area contributed by atoms with Gasteiger partial charge in [0.1, 0.15) is 0 Å². The highest BCUT2D eigenvalue weighted by atomic mass is 79.9. The molecule has 0 aliphatic heterocycles. The summed E-state index contributed by atoms with van der Waals surface area (Å²) in [5, 5.41) is 3.63. The van der Waals surface area contributed by atoms with E-state index in [1.807, 2.05) is 30.3 Å². The van der Waals surface area contributed by atoms with Gasteiger partial charge >= 0.3 is 0 Å². The molecule has 0 aliphatic carbocycles. The van der Waals surface area contributed by atoms with Crippen LogP contribution in [0.3, 0.4) is 0 Å². The topological polar surface area (TPSA) is 12.9 Å². The molecule has 0 bridgehead atoms. The van der Waals surface area contributed by atoms with E-state index in [-0.39, 0.29) is 0 Å². The lowest BCUT2D eigenvalue weighted by atomic mass is 10.1. The molecule has 84 valence electrons. The highest BCUT2D eigenvalue weighted by Gasteiger charge is 2.07. The fourth-order valence-corrected chi connectivity index (χ4v) is 2.63. The van der Waals surface area contributed by atoms with Crippen molar-refractivity contribution in [2.45, 2.75) is 5.33 Å². The number of halogens is 2. The van der Waals surface area contributed by atoms with Crippen molar-refractivity contribution >= 4 is 49.3 Å². The van der Waals surface area contributed by atoms with Gasteiger partial charge in [0.05, 0.1) is 16.1 Å². The van der Waals surface area contributed by atoms with E-state index < -0.39 is 0 Å². The lowest BCUT2D eigenvalue weighted by molar-refractivity contribution is 1.43. The second-order valence-electron chi connectivity index (χ2n) is 3.93. The highest BCUT2D eigenvalue weighted by Crippen LogP contribution is 2.31. The molecule has 0 unspecified atom stereocenters. The van der Waals surface area contributed by atoms with Crippen LogP contribution in [-0.2, 0) is 5.33 Å². The van der Waals surface area contributed by atoms with Crippen molar-refractivity contribution in [2.24, 2.45) is 0 Å². The number of pyridine rings is 1. The Morgan fingerprint density at radius 2 is 1.76 bits per heavy atom. The first-order chi connectivity index (χ1) is 8.29. The molecule has 1 nitrogen and oxygen atoms in total. The Balaban J connectivity index is 2.46. The Bertz CT molecular complexity index is 709. The van der Waals surface area contributed by atoms with Crippen LogP contribution in [0.5, 0.6) is 0 Å². The van der Waals surface area contributed by atoms with Gasteiger partial charge in [-0.05, 0) is 23.8 Å². The number of hydrogen-bond donors (Lipinski definition) is 0. The standard InChI is InChI=1S/C14H9BrClN/c15-8-9-5-6-13-11(7-9)14(16)10-3-1-2-4-12(10)17-13/h1-7H,8H2. The molecule has 0 saturated carbocycles. The van der Waals surface area contributed by atoms with Gasteiger partial charge in [-0.2, -0.15) is 0 Å². The Kier molecular flexibility index (Phi) is 2.77. The average molecular weight is 307 g/mol. The minimum atomic E-state index is 0.786. The molecular formula is C14H9BrClN. The molecule has 1 heterocycles. The van der Waals surface area contributed by atoms with Crippen molar-refractivity contribution in [1.82, 2.24) is 4.98 Å². The zero-order chi connectivity index (χ0) is 11.8. The minimum Gasteiger partial charge on any atom is -0.248 e. The highest BCUT2D eigenvalue weighted by molar-refractivity contribution is 9.08. The first-order valence-electron chi connectivity index (χ1n) is 5.32. The average Bonchev–Trinajstić information content (AvgIpc) is 2.39. The summed E-state index contributed by atoms with van der Waals surface area (Å²) in [5.74, 6) is 0. The molecule has 17 heavy (non-hydrogen) atoms. The van der Waals surface area contributed by atoms with Gasteiger partial charge in [0.2, 0.25) is 0 Å². The summed E-state index contributed by atoms with van der Waals surface area (Å²) < 4.78 is 0. The van der Waals surface area contributed by atoms with E-state index in [1.54, 1.807) is 0 Å². The summed E-state index contributed by atoms with van der Waals surface area (Å²) in [6.07, 6.45) is 0. The normalized spacial score (nSPS) is 11.2. The van der Waals surface area contributed by atoms with E-state index in [2.05, 4.69) is 33.0 Å². The molecule has 2 aromatic carbocycles. The second-order valence-corrected chi connectivity index (χ2v) is 4.87. The van der Waals surface area contributed by atoms with Crippen molar-refractivity contribution in [3.8, 4) is 0 Å². The van der Waals surface area contributed by atoms with Crippen LogP contribution in [0.2, 0.25) is 5.02 Å². The summed E-state index contributed by atoms with van der Waals surface area (Å²) in [6, 6.07) is 14.1. The summed E-state index contributed by atoms with van der Waals surface area (Å²) in [7, 11) is 0. The van der Waals surface area contributed by atoms with E-state index in [0.29, 0.717) is 0 Å². The van der Waals surface area contributed by atoms with Crippen LogP contribution in [0, 0.1) is 0 Å². The van der Waals surface area contributed by atoms with Gasteiger partial charge in [0.15, 0.2) is 0 Å². The van der Waals surface area contributed by atoms with Crippen LogP contribution in [0.4, 0.5) is 0 Å². The molecule has 3 rings (SSSR count). The van der Waals surface area contributed by atoms with E-state index in [9.17, 15) is 0 Å². The first kappa shape index (κ1) is 11.0. The third kappa shape index (κ3) is 1.81. The predicted molar refractivity (Wildman–Crippen MR) is 76.9 cm³/mol. The largest absolute Gasteiger partial charge is 0.248 e. The zero-order valence-corrected chi connectivity index (χ0v) is 11.3. The fourth-order valence-electron chi connectivity index (χ4n) is 1.97. The molecule has 3 aromatic rings. The van der Waals surface area contributed by atoms with Crippen LogP contribution >= 0.6 is 27.5 Å². The molecule has 0 saturated heterocycles. The molecule has 0 radical (unpaired) electrons. The fraction of sp³-hybridized carbons (Fsp3) is 0.0714. The van der Waals surface area contributed by atoms with Gasteiger partial charge in [-0.3, -0.25) is 0 Å². The molecule has 0 amide bonds. The second kappa shape index (κ2) is 4.28. The monoisotopic (exact) mass is 305 g/mol. The van der Waals surface area contributed by atoms with E-state index in [1.165, 1.54) is 5.56 Å². The van der Waals surface area contributed by atoms with Crippen molar-refractivity contribution < 1.29 is 0 Å². The molecule has 0 aliphatic rings. The third-order valence-corrected chi connectivity index (χ3v) is 3.89. The molecule has 0 N–H and O–H groups in total. The quantitative estimate of drug-likeness (QED) is 0.458. The summed E-state index contributed by atoms with van der Waals surface area (Å²) in [4.78, 5) is 4.61. The predicted octanol–water partition coefficient (Wildman–Crippen LogP) is 4.94. The third-order valence-electron chi connectivity index (χ3n) is 2.83. The van der Waals surface area contributed by atoms with Crippen molar-refractivity contribution in [1.29, 1.82) is 0 Å². The number of alkyl halides is 1. The van der Waals surface area contributed by atoms with Crippen LogP contribution in [-0.4, -0.2) is 4.98 Å². The molecule has 1 aromatic heterocycles. The summed E-state index contributed by atoms with van der Waals surface area (Å²) in [6.45, 7) is 0. The number of benzene rings is 2. The van der Waals surface area contributed by atoms with Crippen molar-refractivity contribution in [2.75, 3.05) is 0 Å². The molecule has 3 heteroatoms. The maximum Gasteiger partial charge on any atom is 0.0724 e. The molecule has 0 spiro atoms. The lowest BCUT2D eigenvalue weighted by Gasteiger charge is -2.06. The lowest BCUT2D eigenvalue weighted by Crippen LogP contribution is -1.86.